The van der Waals surface area contributed by atoms with Crippen LogP contribution in [0.2, 0.25) is 0 Å². The number of hydrogen-bond acceptors (Lipinski definition) is 3. The van der Waals surface area contributed by atoms with E-state index >= 15 is 0 Å². The number of ether oxygens (including phenoxy) is 1. The summed E-state index contributed by atoms with van der Waals surface area (Å²) in [5.74, 6) is -2.03. The summed E-state index contributed by atoms with van der Waals surface area (Å²) >= 11 is 0. The Kier molecular flexibility index (Phi) is 4.32. The van der Waals surface area contributed by atoms with Gasteiger partial charge < -0.3 is 15.6 Å². The first-order valence-electron chi connectivity index (χ1n) is 6.07. The molecule has 3 N–H and O–H groups in total. The Morgan fingerprint density at radius 3 is 2.55 bits per heavy atom. The molecular weight excluding hydrogens is 261 g/mol. The van der Waals surface area contributed by atoms with Crippen molar-refractivity contribution in [1.82, 2.24) is 0 Å². The van der Waals surface area contributed by atoms with E-state index in [-0.39, 0.29) is 12.3 Å². The van der Waals surface area contributed by atoms with E-state index < -0.39 is 17.7 Å². The monoisotopic (exact) mass is 275 g/mol. The van der Waals surface area contributed by atoms with E-state index in [1.54, 1.807) is 24.3 Å². The van der Waals surface area contributed by atoms with Crippen LogP contribution in [0.4, 0.5) is 4.39 Å². The Hall–Kier alpha value is -2.40. The van der Waals surface area contributed by atoms with Crippen molar-refractivity contribution in [2.75, 3.05) is 6.54 Å². The number of hydrogen-bond donors (Lipinski definition) is 2. The molecule has 104 valence electrons. The molecule has 0 fully saturated rings. The number of para-hydroxylation sites is 1. The zero-order chi connectivity index (χ0) is 14.5. The standard InChI is InChI=1S/C15H14FNO3/c16-13-7-6-10(12(9-17)15(18)19)8-14(13)20-11-4-2-1-3-5-11/h1-8,12H,9,17H2,(H,18,19)/t12-/m1/s1. The topological polar surface area (TPSA) is 72.6 Å². The van der Waals surface area contributed by atoms with Crippen LogP contribution in [0.25, 0.3) is 0 Å². The SMILES string of the molecule is NC[C@@H](C(=O)O)c1ccc(F)c(Oc2ccccc2)c1. The van der Waals surface area contributed by atoms with Crippen LogP contribution in [-0.4, -0.2) is 17.6 Å². The minimum atomic E-state index is -1.05. The van der Waals surface area contributed by atoms with E-state index in [0.29, 0.717) is 11.3 Å². The highest BCUT2D eigenvalue weighted by Crippen LogP contribution is 2.28. The summed E-state index contributed by atoms with van der Waals surface area (Å²) in [5, 5.41) is 9.06. The van der Waals surface area contributed by atoms with Gasteiger partial charge in [0.05, 0.1) is 5.92 Å². The normalized spacial score (nSPS) is 11.9. The second-order valence-corrected chi connectivity index (χ2v) is 4.23. The zero-order valence-corrected chi connectivity index (χ0v) is 10.6. The molecule has 0 unspecified atom stereocenters. The molecule has 0 radical (unpaired) electrons. The molecule has 5 heteroatoms. The van der Waals surface area contributed by atoms with Gasteiger partial charge in [0.25, 0.3) is 0 Å². The zero-order valence-electron chi connectivity index (χ0n) is 10.6. The van der Waals surface area contributed by atoms with Crippen molar-refractivity contribution in [3.8, 4) is 11.5 Å². The number of nitrogens with two attached hydrogens (primary N) is 1. The molecule has 0 aliphatic carbocycles. The lowest BCUT2D eigenvalue weighted by atomic mass is 9.99. The predicted octanol–water partition coefficient (Wildman–Crippen LogP) is 2.74. The van der Waals surface area contributed by atoms with Gasteiger partial charge in [0.15, 0.2) is 11.6 Å². The largest absolute Gasteiger partial charge is 0.481 e. The Bertz CT molecular complexity index is 601. The molecule has 0 bridgehead atoms. The number of aliphatic carboxylic acids is 1. The molecule has 0 amide bonds. The summed E-state index contributed by atoms with van der Waals surface area (Å²) in [5.41, 5.74) is 5.84. The van der Waals surface area contributed by atoms with Crippen molar-refractivity contribution in [3.05, 3.63) is 59.9 Å². The van der Waals surface area contributed by atoms with Crippen LogP contribution in [-0.2, 0) is 4.79 Å². The van der Waals surface area contributed by atoms with Crippen molar-refractivity contribution in [1.29, 1.82) is 0 Å². The van der Waals surface area contributed by atoms with E-state index in [9.17, 15) is 9.18 Å². The van der Waals surface area contributed by atoms with Crippen LogP contribution in [0, 0.1) is 5.82 Å². The van der Waals surface area contributed by atoms with E-state index in [1.165, 1.54) is 18.2 Å². The summed E-state index contributed by atoms with van der Waals surface area (Å²) in [6.07, 6.45) is 0. The molecule has 2 aromatic rings. The number of carbonyl (C=O) groups is 1. The first kappa shape index (κ1) is 14.0. The van der Waals surface area contributed by atoms with Crippen molar-refractivity contribution >= 4 is 5.97 Å². The van der Waals surface area contributed by atoms with E-state index in [0.717, 1.165) is 0 Å². The highest BCUT2D eigenvalue weighted by atomic mass is 19.1. The molecule has 20 heavy (non-hydrogen) atoms. The highest BCUT2D eigenvalue weighted by molar-refractivity contribution is 5.76. The molecule has 0 aliphatic rings. The minimum absolute atomic E-state index is 0.0200. The van der Waals surface area contributed by atoms with E-state index in [1.807, 2.05) is 6.07 Å². The Morgan fingerprint density at radius 1 is 1.25 bits per heavy atom. The lowest BCUT2D eigenvalue weighted by Crippen LogP contribution is -2.21. The average Bonchev–Trinajstić information content (AvgIpc) is 2.44. The summed E-state index contributed by atoms with van der Waals surface area (Å²) in [4.78, 5) is 11.1. The first-order valence-corrected chi connectivity index (χ1v) is 6.07. The fraction of sp³-hybridized carbons (Fsp3) is 0.133. The Morgan fingerprint density at radius 2 is 1.95 bits per heavy atom. The first-order chi connectivity index (χ1) is 9.61. The Labute approximate surface area is 115 Å². The third kappa shape index (κ3) is 3.13. The second kappa shape index (κ2) is 6.16. The molecule has 2 aromatic carbocycles. The molecule has 4 nitrogen and oxygen atoms in total. The van der Waals surface area contributed by atoms with Gasteiger partial charge >= 0.3 is 5.97 Å². The summed E-state index contributed by atoms with van der Waals surface area (Å²) in [7, 11) is 0. The molecule has 0 spiro atoms. The molecule has 0 saturated heterocycles. The molecule has 0 heterocycles. The number of benzene rings is 2. The van der Waals surface area contributed by atoms with Crippen molar-refractivity contribution in [2.24, 2.45) is 5.73 Å². The van der Waals surface area contributed by atoms with Gasteiger partial charge in [0.1, 0.15) is 5.75 Å². The van der Waals surface area contributed by atoms with Gasteiger partial charge in [-0.3, -0.25) is 4.79 Å². The van der Waals surface area contributed by atoms with Crippen molar-refractivity contribution < 1.29 is 19.0 Å². The minimum Gasteiger partial charge on any atom is -0.481 e. The Balaban J connectivity index is 2.31. The van der Waals surface area contributed by atoms with Gasteiger partial charge in [-0.15, -0.1) is 0 Å². The summed E-state index contributed by atoms with van der Waals surface area (Å²) < 4.78 is 19.1. The third-order valence-corrected chi connectivity index (χ3v) is 2.86. The third-order valence-electron chi connectivity index (χ3n) is 2.86. The predicted molar refractivity (Wildman–Crippen MR) is 72.3 cm³/mol. The van der Waals surface area contributed by atoms with Crippen LogP contribution < -0.4 is 10.5 Å². The number of carboxylic acid groups (broad SMARTS) is 1. The van der Waals surface area contributed by atoms with Crippen LogP contribution >= 0.6 is 0 Å². The van der Waals surface area contributed by atoms with Gasteiger partial charge in [0.2, 0.25) is 0 Å². The van der Waals surface area contributed by atoms with Gasteiger partial charge in [-0.1, -0.05) is 24.3 Å². The van der Waals surface area contributed by atoms with Gasteiger partial charge in [-0.05, 0) is 29.8 Å². The molecule has 0 aromatic heterocycles. The maximum Gasteiger partial charge on any atom is 0.312 e. The molecular formula is C15H14FNO3. The molecule has 1 atom stereocenters. The molecule has 0 aliphatic heterocycles. The quantitative estimate of drug-likeness (QED) is 0.880. The van der Waals surface area contributed by atoms with Crippen molar-refractivity contribution in [2.45, 2.75) is 5.92 Å². The van der Waals surface area contributed by atoms with E-state index in [4.69, 9.17) is 15.6 Å². The van der Waals surface area contributed by atoms with E-state index in [2.05, 4.69) is 0 Å². The fourth-order valence-electron chi connectivity index (χ4n) is 1.81. The second-order valence-electron chi connectivity index (χ2n) is 4.23. The lowest BCUT2D eigenvalue weighted by Gasteiger charge is -2.13. The van der Waals surface area contributed by atoms with Gasteiger partial charge in [-0.2, -0.15) is 0 Å². The van der Waals surface area contributed by atoms with Gasteiger partial charge in [0, 0.05) is 6.54 Å². The maximum absolute atomic E-state index is 13.7. The van der Waals surface area contributed by atoms with Crippen molar-refractivity contribution in [3.63, 3.8) is 0 Å². The molecule has 2 rings (SSSR count). The fourth-order valence-corrected chi connectivity index (χ4v) is 1.81. The van der Waals surface area contributed by atoms with Gasteiger partial charge in [-0.25, -0.2) is 4.39 Å². The molecule has 0 saturated carbocycles. The highest BCUT2D eigenvalue weighted by Gasteiger charge is 2.19. The summed E-state index contributed by atoms with van der Waals surface area (Å²) in [6, 6.07) is 12.7. The van der Waals surface area contributed by atoms with Crippen LogP contribution in [0.15, 0.2) is 48.5 Å². The number of carboxylic acids is 1. The van der Waals surface area contributed by atoms with Crippen LogP contribution in [0.1, 0.15) is 11.5 Å². The number of rotatable bonds is 5. The van der Waals surface area contributed by atoms with Crippen LogP contribution in [0.5, 0.6) is 11.5 Å². The smallest absolute Gasteiger partial charge is 0.312 e. The summed E-state index contributed by atoms with van der Waals surface area (Å²) in [6.45, 7) is -0.0637. The number of halogens is 1. The lowest BCUT2D eigenvalue weighted by molar-refractivity contribution is -0.138. The van der Waals surface area contributed by atoms with Crippen LogP contribution in [0.3, 0.4) is 0 Å². The maximum atomic E-state index is 13.7. The average molecular weight is 275 g/mol.